The standard InChI is InChI=1S/C13H15N3O2S/c1-9-14-12(16-18-9)13(5-2-3-6-13)15-11(17)10-4-7-19-8-10/h4,7-8H,2-3,5-6H2,1H3,(H,15,17). The van der Waals surface area contributed by atoms with Crippen LogP contribution in [-0.2, 0) is 5.54 Å². The second-order valence-corrected chi connectivity index (χ2v) is 5.67. The highest BCUT2D eigenvalue weighted by Gasteiger charge is 2.41. The molecule has 0 radical (unpaired) electrons. The fourth-order valence-electron chi connectivity index (χ4n) is 2.56. The summed E-state index contributed by atoms with van der Waals surface area (Å²) in [5.74, 6) is 1.07. The lowest BCUT2D eigenvalue weighted by Gasteiger charge is -2.26. The highest BCUT2D eigenvalue weighted by molar-refractivity contribution is 7.08. The molecule has 1 N–H and O–H groups in total. The quantitative estimate of drug-likeness (QED) is 0.936. The average Bonchev–Trinajstić information content (AvgIpc) is 3.08. The first-order chi connectivity index (χ1) is 9.20. The van der Waals surface area contributed by atoms with Crippen molar-refractivity contribution >= 4 is 17.2 Å². The molecule has 0 saturated heterocycles. The third-order valence-electron chi connectivity index (χ3n) is 3.55. The number of aromatic nitrogens is 2. The van der Waals surface area contributed by atoms with Crippen LogP contribution in [0.2, 0.25) is 0 Å². The summed E-state index contributed by atoms with van der Waals surface area (Å²) in [7, 11) is 0. The molecular formula is C13H15N3O2S. The largest absolute Gasteiger partial charge is 0.340 e. The summed E-state index contributed by atoms with van der Waals surface area (Å²) in [5.41, 5.74) is 0.230. The third-order valence-corrected chi connectivity index (χ3v) is 4.23. The van der Waals surface area contributed by atoms with Crippen LogP contribution in [0, 0.1) is 6.92 Å². The van der Waals surface area contributed by atoms with Crippen LogP contribution in [0.15, 0.2) is 21.3 Å². The van der Waals surface area contributed by atoms with Crippen molar-refractivity contribution in [2.24, 2.45) is 0 Å². The first kappa shape index (κ1) is 12.3. The van der Waals surface area contributed by atoms with Gasteiger partial charge in [-0.3, -0.25) is 4.79 Å². The summed E-state index contributed by atoms with van der Waals surface area (Å²) >= 11 is 1.51. The third kappa shape index (κ3) is 2.28. The van der Waals surface area contributed by atoms with Crippen molar-refractivity contribution < 1.29 is 9.32 Å². The summed E-state index contributed by atoms with van der Waals surface area (Å²) in [5, 5.41) is 10.9. The Balaban J connectivity index is 1.87. The maximum Gasteiger partial charge on any atom is 0.252 e. The number of hydrogen-bond donors (Lipinski definition) is 1. The van der Waals surface area contributed by atoms with E-state index in [-0.39, 0.29) is 5.91 Å². The van der Waals surface area contributed by atoms with Gasteiger partial charge >= 0.3 is 0 Å². The van der Waals surface area contributed by atoms with Crippen molar-refractivity contribution in [1.82, 2.24) is 15.5 Å². The fraction of sp³-hybridized carbons (Fsp3) is 0.462. The van der Waals surface area contributed by atoms with Crippen molar-refractivity contribution in [3.05, 3.63) is 34.1 Å². The van der Waals surface area contributed by atoms with Crippen molar-refractivity contribution in [3.63, 3.8) is 0 Å². The molecule has 6 heteroatoms. The average molecular weight is 277 g/mol. The number of hydrogen-bond acceptors (Lipinski definition) is 5. The smallest absolute Gasteiger partial charge is 0.252 e. The summed E-state index contributed by atoms with van der Waals surface area (Å²) < 4.78 is 5.06. The van der Waals surface area contributed by atoms with Crippen LogP contribution in [-0.4, -0.2) is 16.0 Å². The predicted molar refractivity (Wildman–Crippen MR) is 71.0 cm³/mol. The van der Waals surface area contributed by atoms with E-state index in [1.807, 2.05) is 16.8 Å². The molecule has 0 aromatic carbocycles. The van der Waals surface area contributed by atoms with Crippen LogP contribution in [0.25, 0.3) is 0 Å². The second-order valence-electron chi connectivity index (χ2n) is 4.89. The summed E-state index contributed by atoms with van der Waals surface area (Å²) in [4.78, 5) is 16.6. The molecule has 19 heavy (non-hydrogen) atoms. The normalized spacial score (nSPS) is 17.5. The van der Waals surface area contributed by atoms with Crippen LogP contribution >= 0.6 is 11.3 Å². The van der Waals surface area contributed by atoms with Gasteiger partial charge in [-0.05, 0) is 24.3 Å². The van der Waals surface area contributed by atoms with Crippen LogP contribution in [0.4, 0.5) is 0 Å². The number of nitrogens with zero attached hydrogens (tertiary/aromatic N) is 2. The zero-order valence-corrected chi connectivity index (χ0v) is 11.5. The number of thiophene rings is 1. The van der Waals surface area contributed by atoms with Gasteiger partial charge in [0.25, 0.3) is 5.91 Å². The van der Waals surface area contributed by atoms with Gasteiger partial charge in [0.05, 0.1) is 5.56 Å². The maximum atomic E-state index is 12.3. The van der Waals surface area contributed by atoms with Gasteiger partial charge in [-0.15, -0.1) is 0 Å². The Hall–Kier alpha value is -1.69. The Morgan fingerprint density at radius 3 is 2.84 bits per heavy atom. The molecule has 1 saturated carbocycles. The lowest BCUT2D eigenvalue weighted by atomic mass is 9.96. The van der Waals surface area contributed by atoms with Crippen molar-refractivity contribution in [1.29, 1.82) is 0 Å². The van der Waals surface area contributed by atoms with E-state index in [2.05, 4.69) is 15.5 Å². The van der Waals surface area contributed by atoms with E-state index in [0.717, 1.165) is 25.7 Å². The Kier molecular flexibility index (Phi) is 3.10. The molecule has 5 nitrogen and oxygen atoms in total. The molecule has 0 spiro atoms. The lowest BCUT2D eigenvalue weighted by molar-refractivity contribution is 0.0892. The Labute approximate surface area is 115 Å². The molecule has 2 aromatic heterocycles. The fourth-order valence-corrected chi connectivity index (χ4v) is 3.20. The SMILES string of the molecule is Cc1nc(C2(NC(=O)c3ccsc3)CCCC2)no1. The topological polar surface area (TPSA) is 68.0 Å². The van der Waals surface area contributed by atoms with E-state index in [0.29, 0.717) is 17.3 Å². The van der Waals surface area contributed by atoms with E-state index in [1.54, 1.807) is 6.92 Å². The first-order valence-corrected chi connectivity index (χ1v) is 7.29. The zero-order chi connectivity index (χ0) is 13.3. The molecule has 2 heterocycles. The molecule has 1 amide bonds. The van der Waals surface area contributed by atoms with Crippen LogP contribution in [0.3, 0.4) is 0 Å². The van der Waals surface area contributed by atoms with E-state index < -0.39 is 5.54 Å². The number of carbonyl (C=O) groups is 1. The van der Waals surface area contributed by atoms with Crippen molar-refractivity contribution in [2.75, 3.05) is 0 Å². The molecular weight excluding hydrogens is 262 g/mol. The first-order valence-electron chi connectivity index (χ1n) is 6.35. The van der Waals surface area contributed by atoms with Crippen LogP contribution in [0.1, 0.15) is 47.8 Å². The number of rotatable bonds is 3. The van der Waals surface area contributed by atoms with Crippen molar-refractivity contribution in [3.8, 4) is 0 Å². The Bertz CT molecular complexity index is 570. The van der Waals surface area contributed by atoms with Crippen LogP contribution in [0.5, 0.6) is 0 Å². The van der Waals surface area contributed by atoms with Gasteiger partial charge in [-0.2, -0.15) is 16.3 Å². The molecule has 3 rings (SSSR count). The van der Waals surface area contributed by atoms with Gasteiger partial charge in [0, 0.05) is 12.3 Å². The summed E-state index contributed by atoms with van der Waals surface area (Å²) in [6.45, 7) is 1.76. The number of aryl methyl sites for hydroxylation is 1. The summed E-state index contributed by atoms with van der Waals surface area (Å²) in [6, 6.07) is 1.82. The van der Waals surface area contributed by atoms with E-state index >= 15 is 0 Å². The molecule has 0 bridgehead atoms. The highest BCUT2D eigenvalue weighted by atomic mass is 32.1. The van der Waals surface area contributed by atoms with Gasteiger partial charge in [0.2, 0.25) is 5.89 Å². The number of carbonyl (C=O) groups excluding carboxylic acids is 1. The molecule has 2 aromatic rings. The van der Waals surface area contributed by atoms with E-state index in [9.17, 15) is 4.79 Å². The second kappa shape index (κ2) is 4.77. The monoisotopic (exact) mass is 277 g/mol. The zero-order valence-electron chi connectivity index (χ0n) is 10.7. The molecule has 1 aliphatic carbocycles. The molecule has 1 fully saturated rings. The Morgan fingerprint density at radius 2 is 2.26 bits per heavy atom. The number of nitrogens with one attached hydrogen (secondary N) is 1. The molecule has 0 atom stereocenters. The molecule has 0 aliphatic heterocycles. The van der Waals surface area contributed by atoms with Gasteiger partial charge in [0.1, 0.15) is 5.54 Å². The number of amides is 1. The van der Waals surface area contributed by atoms with E-state index in [1.165, 1.54) is 11.3 Å². The minimum absolute atomic E-state index is 0.0643. The van der Waals surface area contributed by atoms with Gasteiger partial charge in [0.15, 0.2) is 5.82 Å². The van der Waals surface area contributed by atoms with Crippen LogP contribution < -0.4 is 5.32 Å². The predicted octanol–water partition coefficient (Wildman–Crippen LogP) is 2.64. The van der Waals surface area contributed by atoms with Gasteiger partial charge < -0.3 is 9.84 Å². The molecule has 100 valence electrons. The maximum absolute atomic E-state index is 12.3. The minimum Gasteiger partial charge on any atom is -0.340 e. The highest BCUT2D eigenvalue weighted by Crippen LogP contribution is 2.37. The molecule has 1 aliphatic rings. The minimum atomic E-state index is -0.462. The summed E-state index contributed by atoms with van der Waals surface area (Å²) in [6.07, 6.45) is 3.86. The Morgan fingerprint density at radius 1 is 1.47 bits per heavy atom. The van der Waals surface area contributed by atoms with Crippen molar-refractivity contribution in [2.45, 2.75) is 38.1 Å². The van der Waals surface area contributed by atoms with Gasteiger partial charge in [-0.1, -0.05) is 18.0 Å². The van der Waals surface area contributed by atoms with E-state index in [4.69, 9.17) is 4.52 Å². The molecule has 0 unspecified atom stereocenters. The van der Waals surface area contributed by atoms with Gasteiger partial charge in [-0.25, -0.2) is 0 Å². The lowest BCUT2D eigenvalue weighted by Crippen LogP contribution is -2.44.